The van der Waals surface area contributed by atoms with Crippen molar-refractivity contribution in [3.05, 3.63) is 23.9 Å². The van der Waals surface area contributed by atoms with E-state index in [1.807, 2.05) is 31.1 Å². The van der Waals surface area contributed by atoms with E-state index in [1.54, 1.807) is 6.20 Å². The maximum atomic E-state index is 5.66. The Morgan fingerprint density at radius 3 is 2.82 bits per heavy atom. The molecule has 0 aromatic carbocycles. The van der Waals surface area contributed by atoms with Gasteiger partial charge in [-0.2, -0.15) is 0 Å². The monoisotopic (exact) mass is 170 g/mol. The molecule has 2 nitrogen and oxygen atoms in total. The van der Waals surface area contributed by atoms with E-state index < -0.39 is 0 Å². The van der Waals surface area contributed by atoms with Gasteiger partial charge in [0, 0.05) is 26.2 Å². The van der Waals surface area contributed by atoms with Gasteiger partial charge >= 0.3 is 0 Å². The van der Waals surface area contributed by atoms with E-state index in [1.165, 1.54) is 0 Å². The van der Waals surface area contributed by atoms with E-state index >= 15 is 0 Å². The lowest BCUT2D eigenvalue weighted by Crippen LogP contribution is -2.10. The van der Waals surface area contributed by atoms with Crippen molar-refractivity contribution in [2.24, 2.45) is 0 Å². The van der Waals surface area contributed by atoms with Crippen LogP contribution in [-0.4, -0.2) is 19.1 Å². The average Bonchev–Trinajstić information content (AvgIpc) is 2.05. The maximum Gasteiger partial charge on any atom is 0.128 e. The Morgan fingerprint density at radius 2 is 2.27 bits per heavy atom. The molecule has 1 heterocycles. The number of aromatic nitrogens is 1. The fourth-order valence-electron chi connectivity index (χ4n) is 0.788. The Bertz CT molecular complexity index is 235. The van der Waals surface area contributed by atoms with E-state index in [9.17, 15) is 0 Å². The molecular weight excluding hydrogens is 160 g/mol. The van der Waals surface area contributed by atoms with Crippen LogP contribution in [0.4, 0.5) is 5.82 Å². The van der Waals surface area contributed by atoms with Crippen LogP contribution in [0.5, 0.6) is 0 Å². The molecule has 0 bridgehead atoms. The first kappa shape index (κ1) is 8.34. The predicted molar refractivity (Wildman–Crippen MR) is 48.1 cm³/mol. The standard InChI is InChI=1S/C8H11ClN2/c1-11(2)8-5-7(6-9)3-4-10-8/h3-5H,6H2,1-2H3. The van der Waals surface area contributed by atoms with Crippen molar-refractivity contribution in [1.82, 2.24) is 4.98 Å². The summed E-state index contributed by atoms with van der Waals surface area (Å²) in [5, 5.41) is 0. The molecule has 0 unspecified atom stereocenters. The molecule has 0 saturated carbocycles. The third-order valence-electron chi connectivity index (χ3n) is 1.42. The number of pyridine rings is 1. The number of halogens is 1. The molecule has 1 aromatic heterocycles. The first-order valence-corrected chi connectivity index (χ1v) is 3.95. The number of nitrogens with zero attached hydrogens (tertiary/aromatic N) is 2. The fraction of sp³-hybridized carbons (Fsp3) is 0.375. The highest BCUT2D eigenvalue weighted by Crippen LogP contribution is 2.10. The minimum atomic E-state index is 0.545. The van der Waals surface area contributed by atoms with Crippen LogP contribution < -0.4 is 4.90 Å². The highest BCUT2D eigenvalue weighted by atomic mass is 35.5. The molecule has 11 heavy (non-hydrogen) atoms. The quantitative estimate of drug-likeness (QED) is 0.631. The molecule has 0 aliphatic rings. The van der Waals surface area contributed by atoms with Crippen molar-refractivity contribution in [2.75, 3.05) is 19.0 Å². The van der Waals surface area contributed by atoms with Crippen LogP contribution in [0.1, 0.15) is 5.56 Å². The van der Waals surface area contributed by atoms with E-state index in [0.717, 1.165) is 11.4 Å². The zero-order chi connectivity index (χ0) is 8.27. The molecule has 1 aromatic rings. The largest absolute Gasteiger partial charge is 0.363 e. The van der Waals surface area contributed by atoms with Crippen molar-refractivity contribution in [2.45, 2.75) is 5.88 Å². The molecule has 0 saturated heterocycles. The van der Waals surface area contributed by atoms with Gasteiger partial charge in [-0.3, -0.25) is 0 Å². The summed E-state index contributed by atoms with van der Waals surface area (Å²) < 4.78 is 0. The topological polar surface area (TPSA) is 16.1 Å². The van der Waals surface area contributed by atoms with Crippen LogP contribution in [0.15, 0.2) is 18.3 Å². The van der Waals surface area contributed by atoms with Crippen LogP contribution in [0.2, 0.25) is 0 Å². The third-order valence-corrected chi connectivity index (χ3v) is 1.73. The minimum absolute atomic E-state index is 0.545. The zero-order valence-electron chi connectivity index (χ0n) is 6.71. The second kappa shape index (κ2) is 3.58. The summed E-state index contributed by atoms with van der Waals surface area (Å²) >= 11 is 5.66. The third kappa shape index (κ3) is 2.09. The number of hydrogen-bond acceptors (Lipinski definition) is 2. The molecule has 0 aliphatic carbocycles. The Kier molecular flexibility index (Phi) is 2.71. The molecule has 0 spiro atoms. The molecule has 1 rings (SSSR count). The summed E-state index contributed by atoms with van der Waals surface area (Å²) in [5.41, 5.74) is 1.10. The molecule has 0 N–H and O–H groups in total. The van der Waals surface area contributed by atoms with Crippen LogP contribution in [0.3, 0.4) is 0 Å². The first-order valence-electron chi connectivity index (χ1n) is 3.42. The Hall–Kier alpha value is -0.760. The number of alkyl halides is 1. The lowest BCUT2D eigenvalue weighted by Gasteiger charge is -2.10. The number of hydrogen-bond donors (Lipinski definition) is 0. The van der Waals surface area contributed by atoms with Gasteiger partial charge in [0.15, 0.2) is 0 Å². The Morgan fingerprint density at radius 1 is 1.55 bits per heavy atom. The molecule has 0 atom stereocenters. The summed E-state index contributed by atoms with van der Waals surface area (Å²) in [7, 11) is 3.92. The van der Waals surface area contributed by atoms with Gasteiger partial charge in [0.25, 0.3) is 0 Å². The molecule has 0 amide bonds. The Balaban J connectivity index is 2.91. The van der Waals surface area contributed by atoms with E-state index in [2.05, 4.69) is 4.98 Å². The average molecular weight is 171 g/mol. The fourth-order valence-corrected chi connectivity index (χ4v) is 0.955. The van der Waals surface area contributed by atoms with Gasteiger partial charge in [0.05, 0.1) is 0 Å². The van der Waals surface area contributed by atoms with Gasteiger partial charge in [-0.05, 0) is 17.7 Å². The predicted octanol–water partition coefficient (Wildman–Crippen LogP) is 1.89. The summed E-state index contributed by atoms with van der Waals surface area (Å²) in [4.78, 5) is 6.11. The highest BCUT2D eigenvalue weighted by Gasteiger charge is 1.96. The lowest BCUT2D eigenvalue weighted by atomic mass is 10.3. The summed E-state index contributed by atoms with van der Waals surface area (Å²) in [6.07, 6.45) is 1.77. The van der Waals surface area contributed by atoms with Crippen molar-refractivity contribution < 1.29 is 0 Å². The van der Waals surface area contributed by atoms with Crippen molar-refractivity contribution in [3.8, 4) is 0 Å². The van der Waals surface area contributed by atoms with Crippen LogP contribution >= 0.6 is 11.6 Å². The normalized spacial score (nSPS) is 9.73. The smallest absolute Gasteiger partial charge is 0.128 e. The van der Waals surface area contributed by atoms with Crippen LogP contribution in [0, 0.1) is 0 Å². The van der Waals surface area contributed by atoms with Gasteiger partial charge in [0.2, 0.25) is 0 Å². The summed E-state index contributed by atoms with van der Waals surface area (Å²) in [5.74, 6) is 1.49. The minimum Gasteiger partial charge on any atom is -0.363 e. The van der Waals surface area contributed by atoms with Crippen LogP contribution in [-0.2, 0) is 5.88 Å². The molecule has 0 radical (unpaired) electrons. The first-order chi connectivity index (χ1) is 5.24. The molecule has 60 valence electrons. The molecule has 0 fully saturated rings. The van der Waals surface area contributed by atoms with E-state index in [-0.39, 0.29) is 0 Å². The van der Waals surface area contributed by atoms with Gasteiger partial charge < -0.3 is 4.90 Å². The highest BCUT2D eigenvalue weighted by molar-refractivity contribution is 6.17. The van der Waals surface area contributed by atoms with Gasteiger partial charge in [-0.1, -0.05) is 0 Å². The molecular formula is C8H11ClN2. The number of rotatable bonds is 2. The molecule has 3 heteroatoms. The summed E-state index contributed by atoms with van der Waals surface area (Å²) in [6, 6.07) is 3.90. The SMILES string of the molecule is CN(C)c1cc(CCl)ccn1. The van der Waals surface area contributed by atoms with Crippen molar-refractivity contribution in [1.29, 1.82) is 0 Å². The van der Waals surface area contributed by atoms with Gasteiger partial charge in [-0.25, -0.2) is 4.98 Å². The molecule has 0 aliphatic heterocycles. The zero-order valence-corrected chi connectivity index (χ0v) is 7.47. The van der Waals surface area contributed by atoms with Crippen molar-refractivity contribution in [3.63, 3.8) is 0 Å². The van der Waals surface area contributed by atoms with E-state index in [0.29, 0.717) is 5.88 Å². The second-order valence-electron chi connectivity index (χ2n) is 2.55. The Labute approximate surface area is 71.8 Å². The van der Waals surface area contributed by atoms with Crippen LogP contribution in [0.25, 0.3) is 0 Å². The maximum absolute atomic E-state index is 5.66. The number of anilines is 1. The van der Waals surface area contributed by atoms with Gasteiger partial charge in [-0.15, -0.1) is 11.6 Å². The summed E-state index contributed by atoms with van der Waals surface area (Å²) in [6.45, 7) is 0. The lowest BCUT2D eigenvalue weighted by molar-refractivity contribution is 1.06. The second-order valence-corrected chi connectivity index (χ2v) is 2.82. The van der Waals surface area contributed by atoms with Crippen molar-refractivity contribution >= 4 is 17.4 Å². The van der Waals surface area contributed by atoms with E-state index in [4.69, 9.17) is 11.6 Å². The van der Waals surface area contributed by atoms with Gasteiger partial charge in [0.1, 0.15) is 5.82 Å².